The highest BCUT2D eigenvalue weighted by Gasteiger charge is 2.77. The van der Waals surface area contributed by atoms with Crippen molar-refractivity contribution in [3.05, 3.63) is 87.5 Å². The van der Waals surface area contributed by atoms with Crippen LogP contribution < -0.4 is 0 Å². The quantitative estimate of drug-likeness (QED) is 0.179. The Bertz CT molecular complexity index is 829. The predicted octanol–water partition coefficient (Wildman–Crippen LogP) is 4.34. The second-order valence-corrected chi connectivity index (χ2v) is 7.90. The summed E-state index contributed by atoms with van der Waals surface area (Å²) >= 11 is 15.0. The Kier molecular flexibility index (Phi) is 15.7. The standard InChI is InChI=1S/C12H9ClN4O8.2C2H6S.CH4S/c13-10-4-2-1-3-8(10)9-5-6-11(14(18)19,15(20)21)7-12(9,16(22)23)17(24)25;1-3-2;1-2-3;1-2/h1-6,9H,7H2;1-2H3;3H,2H2,1H3;2H,1H3. The van der Waals surface area contributed by atoms with E-state index >= 15 is 0 Å². The lowest BCUT2D eigenvalue weighted by molar-refractivity contribution is -0.843. The average molecular weight is 545 g/mol. The summed E-state index contributed by atoms with van der Waals surface area (Å²) in [5.74, 6) is -0.681. The van der Waals surface area contributed by atoms with Crippen molar-refractivity contribution in [1.29, 1.82) is 0 Å². The Labute approximate surface area is 210 Å². The van der Waals surface area contributed by atoms with E-state index in [4.69, 9.17) is 11.6 Å². The van der Waals surface area contributed by atoms with Gasteiger partial charge in [0.2, 0.25) is 6.42 Å². The molecule has 0 saturated heterocycles. The first-order valence-corrected chi connectivity index (χ1v) is 12.4. The number of hydrogen-bond donors (Lipinski definition) is 2. The molecule has 2 rings (SSSR count). The fraction of sp³-hybridized carbons (Fsp3) is 0.529. The third kappa shape index (κ3) is 7.72. The van der Waals surface area contributed by atoms with Gasteiger partial charge in [-0.05, 0) is 36.1 Å². The Hall–Kier alpha value is -2.10. The zero-order chi connectivity index (χ0) is 26.4. The number of thioether (sulfide) groups is 1. The van der Waals surface area contributed by atoms with Gasteiger partial charge in [0.1, 0.15) is 25.6 Å². The van der Waals surface area contributed by atoms with Crippen molar-refractivity contribution < 1.29 is 19.7 Å². The van der Waals surface area contributed by atoms with Gasteiger partial charge in [-0.2, -0.15) is 37.0 Å². The average Bonchev–Trinajstić information content (AvgIpc) is 2.75. The van der Waals surface area contributed by atoms with E-state index in [2.05, 4.69) is 25.3 Å². The lowest BCUT2D eigenvalue weighted by Gasteiger charge is -2.29. The molecule has 12 nitrogen and oxygen atoms in total. The molecule has 1 aliphatic carbocycles. The van der Waals surface area contributed by atoms with Gasteiger partial charge in [-0.3, -0.25) is 40.5 Å². The smallest absolute Gasteiger partial charge is 0.258 e. The molecule has 0 heterocycles. The van der Waals surface area contributed by atoms with Crippen LogP contribution in [0.15, 0.2) is 36.4 Å². The summed E-state index contributed by atoms with van der Waals surface area (Å²) < 4.78 is 0. The molecule has 186 valence electrons. The van der Waals surface area contributed by atoms with Crippen molar-refractivity contribution in [2.45, 2.75) is 30.6 Å². The highest BCUT2D eigenvalue weighted by atomic mass is 35.5. The first-order valence-electron chi connectivity index (χ1n) is 8.90. The summed E-state index contributed by atoms with van der Waals surface area (Å²) in [5, 5.41) is 45.5. The Morgan fingerprint density at radius 2 is 1.39 bits per heavy atom. The zero-order valence-electron chi connectivity index (χ0n) is 18.2. The van der Waals surface area contributed by atoms with Gasteiger partial charge in [0, 0.05) is 5.02 Å². The minimum atomic E-state index is -3.22. The molecule has 0 bridgehead atoms. The van der Waals surface area contributed by atoms with Crippen molar-refractivity contribution in [3.8, 4) is 0 Å². The van der Waals surface area contributed by atoms with Crippen molar-refractivity contribution >= 4 is 48.6 Å². The third-order valence-electron chi connectivity index (χ3n) is 4.08. The van der Waals surface area contributed by atoms with Gasteiger partial charge in [-0.25, -0.2) is 0 Å². The van der Waals surface area contributed by atoms with Gasteiger partial charge in [-0.1, -0.05) is 42.8 Å². The fourth-order valence-electron chi connectivity index (χ4n) is 2.78. The van der Waals surface area contributed by atoms with Crippen LogP contribution in [0, 0.1) is 40.5 Å². The molecule has 0 aliphatic heterocycles. The van der Waals surface area contributed by atoms with Gasteiger partial charge in [-0.15, -0.1) is 0 Å². The van der Waals surface area contributed by atoms with Crippen LogP contribution in [0.2, 0.25) is 5.02 Å². The van der Waals surface area contributed by atoms with Crippen LogP contribution in [0.4, 0.5) is 0 Å². The molecule has 0 aromatic heterocycles. The molecule has 0 N–H and O–H groups in total. The van der Waals surface area contributed by atoms with Crippen molar-refractivity contribution in [2.24, 2.45) is 0 Å². The van der Waals surface area contributed by atoms with Crippen LogP contribution in [0.1, 0.15) is 24.8 Å². The molecular weight excluding hydrogens is 520 g/mol. The van der Waals surface area contributed by atoms with E-state index in [1.54, 1.807) is 18.0 Å². The first-order chi connectivity index (χ1) is 15.4. The number of benzene rings is 1. The fourth-order valence-corrected chi connectivity index (χ4v) is 3.03. The number of nitro groups is 4. The topological polar surface area (TPSA) is 173 Å². The molecule has 1 aromatic rings. The predicted molar refractivity (Wildman–Crippen MR) is 135 cm³/mol. The molecule has 1 unspecified atom stereocenters. The van der Waals surface area contributed by atoms with Gasteiger partial charge in [0.15, 0.2) is 0 Å². The molecule has 16 heteroatoms. The molecule has 33 heavy (non-hydrogen) atoms. The molecule has 1 aliphatic rings. The van der Waals surface area contributed by atoms with E-state index in [0.29, 0.717) is 6.08 Å². The molecule has 0 spiro atoms. The molecule has 1 atom stereocenters. The van der Waals surface area contributed by atoms with Crippen molar-refractivity contribution in [2.75, 3.05) is 24.5 Å². The highest BCUT2D eigenvalue weighted by molar-refractivity contribution is 7.97. The van der Waals surface area contributed by atoms with Gasteiger partial charge in [0.25, 0.3) is 0 Å². The summed E-state index contributed by atoms with van der Waals surface area (Å²) in [7, 11) is 0. The van der Waals surface area contributed by atoms with E-state index in [0.717, 1.165) is 11.8 Å². The van der Waals surface area contributed by atoms with Gasteiger partial charge < -0.3 is 0 Å². The summed E-state index contributed by atoms with van der Waals surface area (Å²) in [5.41, 5.74) is -6.44. The van der Waals surface area contributed by atoms with E-state index in [-0.39, 0.29) is 10.6 Å². The minimum absolute atomic E-state index is 0.0332. The summed E-state index contributed by atoms with van der Waals surface area (Å²) in [6.45, 7) is 1.99. The molecule has 1 aromatic carbocycles. The van der Waals surface area contributed by atoms with Crippen LogP contribution in [-0.2, 0) is 0 Å². The van der Waals surface area contributed by atoms with Gasteiger partial charge >= 0.3 is 11.3 Å². The molecule has 0 amide bonds. The van der Waals surface area contributed by atoms with Crippen LogP contribution in [0.3, 0.4) is 0 Å². The Morgan fingerprint density at radius 1 is 1.00 bits per heavy atom. The largest absolute Gasteiger partial charge is 0.492 e. The lowest BCUT2D eigenvalue weighted by atomic mass is 9.75. The maximum atomic E-state index is 11.6. The minimum Gasteiger partial charge on any atom is -0.258 e. The second-order valence-electron chi connectivity index (χ2n) is 6.05. The van der Waals surface area contributed by atoms with Crippen LogP contribution in [0.25, 0.3) is 0 Å². The Morgan fingerprint density at radius 3 is 1.73 bits per heavy atom. The zero-order valence-corrected chi connectivity index (χ0v) is 21.6. The van der Waals surface area contributed by atoms with Crippen LogP contribution in [0.5, 0.6) is 0 Å². The van der Waals surface area contributed by atoms with E-state index in [1.165, 1.54) is 24.3 Å². The number of rotatable bonds is 5. The maximum absolute atomic E-state index is 11.6. The summed E-state index contributed by atoms with van der Waals surface area (Å²) in [6.07, 6.45) is 5.49. The second kappa shape index (κ2) is 15.7. The normalized spacial score (nSPS) is 16.9. The van der Waals surface area contributed by atoms with E-state index in [9.17, 15) is 40.5 Å². The van der Waals surface area contributed by atoms with Crippen LogP contribution in [-0.4, -0.2) is 55.5 Å². The Balaban J connectivity index is 0. The number of hydrogen-bond acceptors (Lipinski definition) is 11. The van der Waals surface area contributed by atoms with E-state index < -0.39 is 43.4 Å². The summed E-state index contributed by atoms with van der Waals surface area (Å²) in [6, 6.07) is 5.52. The third-order valence-corrected chi connectivity index (χ3v) is 4.42. The maximum Gasteiger partial charge on any atom is 0.492 e. The molecule has 0 radical (unpaired) electrons. The van der Waals surface area contributed by atoms with Crippen LogP contribution >= 0.6 is 48.6 Å². The molecular formula is C17H25ClN4O8S3. The van der Waals surface area contributed by atoms with Crippen molar-refractivity contribution in [3.63, 3.8) is 0 Å². The van der Waals surface area contributed by atoms with E-state index in [1.807, 2.05) is 19.4 Å². The molecule has 0 saturated carbocycles. The SMILES string of the molecule is CCS.CS.CSC.O=[N+]([O-])C1([N+](=O)[O-])C=CC(c2ccccc2Cl)C([N+](=O)[O-])([N+](=O)[O-])C1. The molecule has 0 fully saturated rings. The number of nitrogens with zero attached hydrogens (tertiary/aromatic N) is 4. The first kappa shape index (κ1) is 33.1. The van der Waals surface area contributed by atoms with Gasteiger partial charge in [0.05, 0.1) is 6.08 Å². The monoisotopic (exact) mass is 544 g/mol. The number of thiol groups is 2. The summed E-state index contributed by atoms with van der Waals surface area (Å²) in [4.78, 5) is 40.1. The van der Waals surface area contributed by atoms with Crippen molar-refractivity contribution in [1.82, 2.24) is 0 Å². The lowest BCUT2D eigenvalue weighted by Crippen LogP contribution is -2.61. The highest BCUT2D eigenvalue weighted by Crippen LogP contribution is 2.46. The number of halogens is 1.